The van der Waals surface area contributed by atoms with Gasteiger partial charge in [-0.3, -0.25) is 0 Å². The fraction of sp³-hybridized carbons (Fsp3) is 0.438. The summed E-state index contributed by atoms with van der Waals surface area (Å²) in [6, 6.07) is 12.0. The van der Waals surface area contributed by atoms with Gasteiger partial charge in [0.1, 0.15) is 5.67 Å². The molecule has 0 amide bonds. The maximum Gasteiger partial charge on any atom is 0.130 e. The minimum absolute atomic E-state index is 0.704. The zero-order valence-corrected chi connectivity index (χ0v) is 25.1. The molecule has 0 saturated carbocycles. The molecule has 0 saturated heterocycles. The number of hydrogen-bond acceptors (Lipinski definition) is 2. The van der Waals surface area contributed by atoms with Gasteiger partial charge in [0.05, 0.1) is 0 Å². The van der Waals surface area contributed by atoms with Gasteiger partial charge in [0, 0.05) is 18.5 Å². The van der Waals surface area contributed by atoms with Crippen molar-refractivity contribution in [3.8, 4) is 0 Å². The highest BCUT2D eigenvalue weighted by molar-refractivity contribution is 8.07. The lowest BCUT2D eigenvalue weighted by molar-refractivity contribution is 0.221. The fourth-order valence-electron chi connectivity index (χ4n) is 2.84. The average molecular weight is 500 g/mol. The Balaban J connectivity index is 0. The van der Waals surface area contributed by atoms with Crippen LogP contribution in [0.4, 0.5) is 4.39 Å². The van der Waals surface area contributed by atoms with E-state index in [-0.39, 0.29) is 0 Å². The monoisotopic (exact) mass is 499 g/mol. The first-order valence-corrected chi connectivity index (χ1v) is 13.6. The Kier molecular flexibility index (Phi) is 18.0. The van der Waals surface area contributed by atoms with Gasteiger partial charge in [-0.25, -0.2) is 4.39 Å². The molecule has 0 unspecified atom stereocenters. The number of alkyl halides is 1. The van der Waals surface area contributed by atoms with Crippen LogP contribution in [-0.4, -0.2) is 24.7 Å². The Morgan fingerprint density at radius 1 is 1.00 bits per heavy atom. The van der Waals surface area contributed by atoms with Crippen molar-refractivity contribution in [2.45, 2.75) is 74.4 Å². The van der Waals surface area contributed by atoms with E-state index in [1.54, 1.807) is 31.8 Å². The lowest BCUT2D eigenvalue weighted by Gasteiger charge is -2.14. The zero-order valence-electron chi connectivity index (χ0n) is 24.3. The Labute approximate surface area is 221 Å². The quantitative estimate of drug-likeness (QED) is 0.349. The Bertz CT molecular complexity index is 904. The molecule has 1 nitrogen and oxygen atoms in total. The van der Waals surface area contributed by atoms with Crippen molar-refractivity contribution in [2.24, 2.45) is 0 Å². The highest BCUT2D eigenvalue weighted by Crippen LogP contribution is 2.28. The Hall–Kier alpha value is -2.26. The summed E-state index contributed by atoms with van der Waals surface area (Å²) in [6.07, 6.45) is 4.79. The van der Waals surface area contributed by atoms with Gasteiger partial charge in [-0.1, -0.05) is 75.6 Å². The molecule has 2 rings (SSSR count). The van der Waals surface area contributed by atoms with Crippen molar-refractivity contribution in [1.82, 2.24) is 4.90 Å². The SMILES string of the molecule is C=C(C)Cc1cc(C)c(C)cc1C.C=C(SC)c1ccc(C(C)(C)F)cc1.C=CN(C)CC.CC. The van der Waals surface area contributed by atoms with Crippen LogP contribution in [-0.2, 0) is 12.1 Å². The van der Waals surface area contributed by atoms with E-state index in [1.165, 1.54) is 27.8 Å². The van der Waals surface area contributed by atoms with E-state index >= 15 is 0 Å². The third kappa shape index (κ3) is 14.7. The summed E-state index contributed by atoms with van der Waals surface area (Å²) >= 11 is 1.60. The van der Waals surface area contributed by atoms with Crippen molar-refractivity contribution >= 4 is 16.7 Å². The molecule has 2 aromatic rings. The molecule has 0 atom stereocenters. The lowest BCUT2D eigenvalue weighted by atomic mass is 9.97. The molecule has 0 aromatic heterocycles. The van der Waals surface area contributed by atoms with E-state index < -0.39 is 5.67 Å². The van der Waals surface area contributed by atoms with E-state index in [1.807, 2.05) is 56.3 Å². The largest absolute Gasteiger partial charge is 0.381 e. The van der Waals surface area contributed by atoms with Crippen LogP contribution in [0.3, 0.4) is 0 Å². The molecule has 0 aliphatic rings. The number of hydrogen-bond donors (Lipinski definition) is 0. The van der Waals surface area contributed by atoms with Crippen LogP contribution >= 0.6 is 11.8 Å². The van der Waals surface area contributed by atoms with E-state index in [9.17, 15) is 4.39 Å². The van der Waals surface area contributed by atoms with Crippen LogP contribution < -0.4 is 0 Å². The standard InChI is InChI=1S/C13H18.C12H15FS.C5H11N.C2H6/c1-9(2)6-13-8-11(4)10(3)7-12(13)5;1-9(14-4)10-5-7-11(8-6-10)12(2,3)13;1-4-6(3)5-2;1-2/h7-8H,1,6H2,2-5H3;5-8H,1H2,2-4H3;4H,1,5H2,2-3H3;1-2H3. The number of nitrogens with zero attached hydrogens (tertiary/aromatic N) is 1. The zero-order chi connectivity index (χ0) is 27.8. The summed E-state index contributed by atoms with van der Waals surface area (Å²) < 4.78 is 13.5. The van der Waals surface area contributed by atoms with Gasteiger partial charge >= 0.3 is 0 Å². The van der Waals surface area contributed by atoms with Crippen molar-refractivity contribution in [3.05, 3.63) is 101 Å². The number of benzene rings is 2. The summed E-state index contributed by atoms with van der Waals surface area (Å²) in [4.78, 5) is 3.02. The highest BCUT2D eigenvalue weighted by Gasteiger charge is 2.18. The van der Waals surface area contributed by atoms with Crippen LogP contribution in [0.15, 0.2) is 67.9 Å². The Morgan fingerprint density at radius 3 is 1.83 bits per heavy atom. The fourth-order valence-corrected chi connectivity index (χ4v) is 3.21. The molecule has 0 N–H and O–H groups in total. The number of thioether (sulfide) groups is 1. The minimum Gasteiger partial charge on any atom is -0.381 e. The molecule has 35 heavy (non-hydrogen) atoms. The highest BCUT2D eigenvalue weighted by atomic mass is 32.2. The van der Waals surface area contributed by atoms with E-state index in [2.05, 4.69) is 66.5 Å². The van der Waals surface area contributed by atoms with Gasteiger partial charge in [0.15, 0.2) is 0 Å². The maximum atomic E-state index is 13.5. The molecular weight excluding hydrogens is 449 g/mol. The van der Waals surface area contributed by atoms with Crippen molar-refractivity contribution < 1.29 is 4.39 Å². The summed E-state index contributed by atoms with van der Waals surface area (Å²) in [5, 5.41) is 0. The summed E-state index contributed by atoms with van der Waals surface area (Å²) in [5.74, 6) is 0. The molecule has 3 heteroatoms. The van der Waals surface area contributed by atoms with E-state index in [4.69, 9.17) is 0 Å². The first-order chi connectivity index (χ1) is 16.3. The van der Waals surface area contributed by atoms with Crippen molar-refractivity contribution in [2.75, 3.05) is 19.8 Å². The molecule has 0 fully saturated rings. The number of rotatable bonds is 7. The summed E-state index contributed by atoms with van der Waals surface area (Å²) in [7, 11) is 1.99. The molecule has 0 aliphatic heterocycles. The molecule has 0 heterocycles. The summed E-state index contributed by atoms with van der Waals surface area (Å²) in [6.45, 7) is 30.2. The van der Waals surface area contributed by atoms with E-state index in [0.717, 1.165) is 23.4 Å². The van der Waals surface area contributed by atoms with Gasteiger partial charge in [-0.2, -0.15) is 0 Å². The van der Waals surface area contributed by atoms with Crippen LogP contribution in [0, 0.1) is 20.8 Å². The van der Waals surface area contributed by atoms with Gasteiger partial charge in [0.25, 0.3) is 0 Å². The second kappa shape index (κ2) is 18.1. The second-order valence-corrected chi connectivity index (χ2v) is 9.83. The molecular formula is C32H50FNS. The number of allylic oxidation sites excluding steroid dienone is 1. The normalized spacial score (nSPS) is 9.83. The molecule has 0 radical (unpaired) electrons. The van der Waals surface area contributed by atoms with E-state index in [0.29, 0.717) is 5.56 Å². The molecule has 0 bridgehead atoms. The first kappa shape index (κ1) is 34.9. The Morgan fingerprint density at radius 2 is 1.49 bits per heavy atom. The molecule has 196 valence electrons. The number of aryl methyl sites for hydroxylation is 3. The van der Waals surface area contributed by atoms with Gasteiger partial charge in [0.2, 0.25) is 0 Å². The molecule has 2 aromatic carbocycles. The lowest BCUT2D eigenvalue weighted by Crippen LogP contribution is -2.08. The first-order valence-electron chi connectivity index (χ1n) is 12.3. The summed E-state index contributed by atoms with van der Waals surface area (Å²) in [5.41, 5.74) is 7.28. The maximum absolute atomic E-state index is 13.5. The van der Waals surface area contributed by atoms with Crippen molar-refractivity contribution in [1.29, 1.82) is 0 Å². The molecule has 0 aliphatic carbocycles. The van der Waals surface area contributed by atoms with Crippen LogP contribution in [0.5, 0.6) is 0 Å². The van der Waals surface area contributed by atoms with Crippen molar-refractivity contribution in [3.63, 3.8) is 0 Å². The average Bonchev–Trinajstić information content (AvgIpc) is 2.82. The predicted octanol–water partition coefficient (Wildman–Crippen LogP) is 10.1. The number of halogens is 1. The van der Waals surface area contributed by atoms with Gasteiger partial charge in [-0.15, -0.1) is 11.8 Å². The van der Waals surface area contributed by atoms with Crippen LogP contribution in [0.2, 0.25) is 0 Å². The third-order valence-corrected chi connectivity index (χ3v) is 6.12. The second-order valence-electron chi connectivity index (χ2n) is 8.93. The van der Waals surface area contributed by atoms with Gasteiger partial charge in [-0.05, 0) is 101 Å². The van der Waals surface area contributed by atoms with Gasteiger partial charge < -0.3 is 4.90 Å². The topological polar surface area (TPSA) is 3.24 Å². The minimum atomic E-state index is -1.26. The van der Waals surface area contributed by atoms with Crippen LogP contribution in [0.1, 0.15) is 74.9 Å². The smallest absolute Gasteiger partial charge is 0.130 e. The molecule has 0 spiro atoms. The van der Waals surface area contributed by atoms with Crippen LogP contribution in [0.25, 0.3) is 4.91 Å². The third-order valence-electron chi connectivity index (χ3n) is 5.39. The predicted molar refractivity (Wildman–Crippen MR) is 162 cm³/mol.